The number of nitrogens with two attached hydrogens (primary N) is 1. The predicted octanol–water partition coefficient (Wildman–Crippen LogP) is 5.79. The zero-order valence-corrected chi connectivity index (χ0v) is 16.0. The maximum absolute atomic E-state index is 13.4. The minimum atomic E-state index is -4.46. The second kappa shape index (κ2) is 8.16. The first kappa shape index (κ1) is 19.9. The number of nitrogens with zero attached hydrogens (tertiary/aromatic N) is 1. The van der Waals surface area contributed by atoms with Gasteiger partial charge in [-0.25, -0.2) is 0 Å². The Balaban J connectivity index is 1.68. The summed E-state index contributed by atoms with van der Waals surface area (Å²) in [4.78, 5) is 3.95. The van der Waals surface area contributed by atoms with E-state index in [1.165, 1.54) is 12.3 Å². The van der Waals surface area contributed by atoms with Gasteiger partial charge in [0, 0.05) is 42.0 Å². The van der Waals surface area contributed by atoms with Crippen molar-refractivity contribution in [3.63, 3.8) is 0 Å². The Bertz CT molecular complexity index is 1190. The number of hydrogen-bond donors (Lipinski definition) is 2. The molecule has 0 spiro atoms. The van der Waals surface area contributed by atoms with Gasteiger partial charge in [0.15, 0.2) is 0 Å². The fraction of sp³-hybridized carbons (Fsp3) is 0.125. The van der Waals surface area contributed by atoms with E-state index in [-0.39, 0.29) is 5.52 Å². The Hall–Kier alpha value is -3.38. The first-order valence-corrected chi connectivity index (χ1v) is 9.45. The second-order valence-corrected chi connectivity index (χ2v) is 6.89. The highest BCUT2D eigenvalue weighted by molar-refractivity contribution is 5.95. The standard InChI is InChI=1S/C24H19F3N3/c25-24(26,27)21-9-4-8-20-19(11-12-29-23(20)21)17-7-3-5-16(13-17)15-30-22-10-2-1-6-18(22)14-28/h1-10,12-13,30H,14-15,28H2. The van der Waals surface area contributed by atoms with Gasteiger partial charge in [-0.3, -0.25) is 4.98 Å². The molecule has 4 aromatic rings. The molecular weight excluding hydrogens is 387 g/mol. The number of hydrogen-bond acceptors (Lipinski definition) is 3. The lowest BCUT2D eigenvalue weighted by Gasteiger charge is -2.13. The van der Waals surface area contributed by atoms with Gasteiger partial charge in [-0.05, 0) is 34.9 Å². The number of alkyl halides is 3. The fourth-order valence-corrected chi connectivity index (χ4v) is 3.50. The molecule has 0 saturated heterocycles. The third-order valence-electron chi connectivity index (χ3n) is 4.95. The van der Waals surface area contributed by atoms with Crippen molar-refractivity contribution in [1.82, 2.24) is 4.98 Å². The summed E-state index contributed by atoms with van der Waals surface area (Å²) in [5, 5.41) is 3.80. The van der Waals surface area contributed by atoms with E-state index in [1.807, 2.05) is 48.5 Å². The molecule has 0 atom stereocenters. The molecule has 1 radical (unpaired) electrons. The van der Waals surface area contributed by atoms with Crippen molar-refractivity contribution >= 4 is 16.6 Å². The lowest BCUT2D eigenvalue weighted by molar-refractivity contribution is -0.136. The monoisotopic (exact) mass is 406 g/mol. The number of halogens is 3. The van der Waals surface area contributed by atoms with E-state index in [4.69, 9.17) is 5.73 Å². The summed E-state index contributed by atoms with van der Waals surface area (Å²) in [5.41, 5.74) is 9.31. The van der Waals surface area contributed by atoms with Gasteiger partial charge in [-0.2, -0.15) is 13.2 Å². The molecule has 1 heterocycles. The first-order valence-electron chi connectivity index (χ1n) is 9.45. The van der Waals surface area contributed by atoms with E-state index in [2.05, 4.69) is 16.4 Å². The zero-order chi connectivity index (χ0) is 21.1. The summed E-state index contributed by atoms with van der Waals surface area (Å²) >= 11 is 0. The Morgan fingerprint density at radius 2 is 1.77 bits per heavy atom. The van der Waals surface area contributed by atoms with Crippen LogP contribution in [-0.2, 0) is 19.3 Å². The quantitative estimate of drug-likeness (QED) is 0.441. The molecule has 3 aromatic carbocycles. The molecule has 0 bridgehead atoms. The summed E-state index contributed by atoms with van der Waals surface area (Å²) < 4.78 is 40.1. The van der Waals surface area contributed by atoms with E-state index in [1.54, 1.807) is 6.07 Å². The number of rotatable bonds is 5. The van der Waals surface area contributed by atoms with Crippen LogP contribution >= 0.6 is 0 Å². The fourth-order valence-electron chi connectivity index (χ4n) is 3.50. The van der Waals surface area contributed by atoms with Crippen molar-refractivity contribution in [3.8, 4) is 11.1 Å². The van der Waals surface area contributed by atoms with Crippen molar-refractivity contribution < 1.29 is 13.2 Å². The maximum Gasteiger partial charge on any atom is 0.418 e. The van der Waals surface area contributed by atoms with Crippen LogP contribution in [0.15, 0.2) is 72.9 Å². The van der Waals surface area contributed by atoms with Gasteiger partial charge in [0.25, 0.3) is 0 Å². The number of para-hydroxylation sites is 2. The van der Waals surface area contributed by atoms with Crippen molar-refractivity contribution in [2.24, 2.45) is 5.73 Å². The van der Waals surface area contributed by atoms with E-state index in [9.17, 15) is 13.2 Å². The van der Waals surface area contributed by atoms with Gasteiger partial charge < -0.3 is 11.1 Å². The minimum Gasteiger partial charge on any atom is -0.381 e. The van der Waals surface area contributed by atoms with Gasteiger partial charge in [0.05, 0.1) is 11.1 Å². The highest BCUT2D eigenvalue weighted by Crippen LogP contribution is 2.36. The molecule has 0 fully saturated rings. The third-order valence-corrected chi connectivity index (χ3v) is 4.95. The van der Waals surface area contributed by atoms with E-state index < -0.39 is 11.7 Å². The van der Waals surface area contributed by atoms with E-state index in [0.717, 1.165) is 28.4 Å². The summed E-state index contributed by atoms with van der Waals surface area (Å²) in [6, 6.07) is 22.6. The average Bonchev–Trinajstić information content (AvgIpc) is 2.76. The van der Waals surface area contributed by atoms with Crippen LogP contribution in [-0.4, -0.2) is 4.98 Å². The molecule has 0 saturated carbocycles. The summed E-state index contributed by atoms with van der Waals surface area (Å²) in [6.07, 6.45) is -3.16. The average molecular weight is 406 g/mol. The predicted molar refractivity (Wildman–Crippen MR) is 113 cm³/mol. The number of nitrogens with one attached hydrogen (secondary N) is 1. The van der Waals surface area contributed by atoms with Gasteiger partial charge in [0.2, 0.25) is 0 Å². The maximum atomic E-state index is 13.4. The van der Waals surface area contributed by atoms with E-state index in [0.29, 0.717) is 24.0 Å². The van der Waals surface area contributed by atoms with Crippen molar-refractivity contribution in [2.75, 3.05) is 5.32 Å². The molecule has 3 nitrogen and oxygen atoms in total. The highest BCUT2D eigenvalue weighted by atomic mass is 19.4. The molecule has 0 aliphatic heterocycles. The highest BCUT2D eigenvalue weighted by Gasteiger charge is 2.33. The van der Waals surface area contributed by atoms with Crippen molar-refractivity contribution in [3.05, 3.63) is 95.7 Å². The van der Waals surface area contributed by atoms with Crippen LogP contribution in [0.4, 0.5) is 18.9 Å². The summed E-state index contributed by atoms with van der Waals surface area (Å²) in [6.45, 7) is 0.990. The van der Waals surface area contributed by atoms with Crippen molar-refractivity contribution in [2.45, 2.75) is 19.3 Å². The number of fused-ring (bicyclic) bond motifs is 1. The molecular formula is C24H19F3N3. The van der Waals surface area contributed by atoms with Gasteiger partial charge in [-0.1, -0.05) is 48.5 Å². The van der Waals surface area contributed by atoms with Gasteiger partial charge in [0.1, 0.15) is 0 Å². The molecule has 0 aliphatic carbocycles. The van der Waals surface area contributed by atoms with Crippen LogP contribution in [0.5, 0.6) is 0 Å². The lowest BCUT2D eigenvalue weighted by Crippen LogP contribution is -2.06. The topological polar surface area (TPSA) is 50.9 Å². The molecule has 0 unspecified atom stereocenters. The lowest BCUT2D eigenvalue weighted by atomic mass is 9.98. The van der Waals surface area contributed by atoms with Crippen LogP contribution in [0.2, 0.25) is 0 Å². The number of aromatic nitrogens is 1. The number of benzene rings is 3. The molecule has 1 aromatic heterocycles. The normalized spacial score (nSPS) is 11.6. The first-order chi connectivity index (χ1) is 14.5. The smallest absolute Gasteiger partial charge is 0.381 e. The summed E-state index contributed by atoms with van der Waals surface area (Å²) in [7, 11) is 0. The Morgan fingerprint density at radius 3 is 2.57 bits per heavy atom. The Kier molecular flexibility index (Phi) is 5.42. The molecule has 151 valence electrons. The minimum absolute atomic E-state index is 0.0702. The SMILES string of the molecule is NCc1ccccc1NCc1cccc(-c2[c]cnc3c(C(F)(F)F)cccc23)c1. The molecule has 6 heteroatoms. The van der Waals surface area contributed by atoms with Crippen LogP contribution < -0.4 is 11.1 Å². The molecule has 3 N–H and O–H groups in total. The van der Waals surface area contributed by atoms with Crippen molar-refractivity contribution in [1.29, 1.82) is 0 Å². The van der Waals surface area contributed by atoms with Crippen LogP contribution in [0.25, 0.3) is 22.0 Å². The molecule has 0 aliphatic rings. The van der Waals surface area contributed by atoms with Crippen LogP contribution in [0.3, 0.4) is 0 Å². The second-order valence-electron chi connectivity index (χ2n) is 6.89. The number of anilines is 1. The molecule has 4 rings (SSSR count). The van der Waals surface area contributed by atoms with Crippen LogP contribution in [0.1, 0.15) is 16.7 Å². The zero-order valence-electron chi connectivity index (χ0n) is 16.0. The van der Waals surface area contributed by atoms with Gasteiger partial charge >= 0.3 is 6.18 Å². The van der Waals surface area contributed by atoms with Crippen LogP contribution in [0, 0.1) is 6.07 Å². The number of pyridine rings is 1. The third kappa shape index (κ3) is 4.00. The van der Waals surface area contributed by atoms with E-state index >= 15 is 0 Å². The van der Waals surface area contributed by atoms with Gasteiger partial charge in [-0.15, -0.1) is 0 Å². The Labute approximate surface area is 172 Å². The Morgan fingerprint density at radius 1 is 0.967 bits per heavy atom. The largest absolute Gasteiger partial charge is 0.418 e. The molecule has 30 heavy (non-hydrogen) atoms. The molecule has 0 amide bonds. The summed E-state index contributed by atoms with van der Waals surface area (Å²) in [5.74, 6) is 0.